The molecule has 108 valence electrons. The Labute approximate surface area is 112 Å². The SMILES string of the molecule is CC(C)(C)N1CCNC[C@@H]1CC(N)=O.CC(C)C. The first kappa shape index (κ1) is 17.4. The van der Waals surface area contributed by atoms with Gasteiger partial charge >= 0.3 is 0 Å². The molecule has 1 rings (SSSR count). The molecule has 0 bridgehead atoms. The Morgan fingerprint density at radius 2 is 1.89 bits per heavy atom. The lowest BCUT2D eigenvalue weighted by molar-refractivity contribution is -0.120. The predicted molar refractivity (Wildman–Crippen MR) is 77.4 cm³/mol. The van der Waals surface area contributed by atoms with Gasteiger partial charge in [0.05, 0.1) is 0 Å². The van der Waals surface area contributed by atoms with Gasteiger partial charge in [-0.2, -0.15) is 0 Å². The van der Waals surface area contributed by atoms with Crippen LogP contribution in [-0.4, -0.2) is 42.0 Å². The number of carbonyl (C=O) groups is 1. The van der Waals surface area contributed by atoms with E-state index in [1.54, 1.807) is 0 Å². The Morgan fingerprint density at radius 1 is 1.39 bits per heavy atom. The van der Waals surface area contributed by atoms with Crippen LogP contribution in [0.3, 0.4) is 0 Å². The molecule has 4 nitrogen and oxygen atoms in total. The highest BCUT2D eigenvalue weighted by molar-refractivity contribution is 5.74. The van der Waals surface area contributed by atoms with Crippen molar-refractivity contribution in [1.29, 1.82) is 0 Å². The van der Waals surface area contributed by atoms with Gasteiger partial charge in [-0.3, -0.25) is 9.69 Å². The van der Waals surface area contributed by atoms with Crippen molar-refractivity contribution in [1.82, 2.24) is 10.2 Å². The summed E-state index contributed by atoms with van der Waals surface area (Å²) in [6.45, 7) is 15.9. The van der Waals surface area contributed by atoms with Crippen molar-refractivity contribution in [2.75, 3.05) is 19.6 Å². The zero-order valence-corrected chi connectivity index (χ0v) is 12.9. The minimum Gasteiger partial charge on any atom is -0.370 e. The Balaban J connectivity index is 0.000000631. The molecule has 18 heavy (non-hydrogen) atoms. The van der Waals surface area contributed by atoms with Crippen molar-refractivity contribution in [2.24, 2.45) is 11.7 Å². The molecule has 1 aliphatic heterocycles. The largest absolute Gasteiger partial charge is 0.370 e. The Hall–Kier alpha value is -0.610. The highest BCUT2D eigenvalue weighted by Crippen LogP contribution is 2.19. The molecule has 1 fully saturated rings. The Bertz CT molecular complexity index is 243. The molecule has 1 saturated heterocycles. The third-order valence-corrected chi connectivity index (χ3v) is 2.65. The third-order valence-electron chi connectivity index (χ3n) is 2.65. The molecule has 1 atom stereocenters. The number of rotatable bonds is 2. The average Bonchev–Trinajstić information content (AvgIpc) is 2.14. The van der Waals surface area contributed by atoms with Crippen LogP contribution in [0, 0.1) is 5.92 Å². The van der Waals surface area contributed by atoms with Crippen molar-refractivity contribution >= 4 is 5.91 Å². The van der Waals surface area contributed by atoms with E-state index in [-0.39, 0.29) is 17.5 Å². The van der Waals surface area contributed by atoms with Crippen LogP contribution in [0.1, 0.15) is 48.0 Å². The molecule has 0 aromatic heterocycles. The van der Waals surface area contributed by atoms with Gasteiger partial charge in [0.15, 0.2) is 0 Å². The first-order valence-electron chi connectivity index (χ1n) is 6.90. The van der Waals surface area contributed by atoms with Crippen LogP contribution >= 0.6 is 0 Å². The van der Waals surface area contributed by atoms with Crippen LogP contribution in [-0.2, 0) is 4.79 Å². The lowest BCUT2D eigenvalue weighted by Crippen LogP contribution is -2.59. The first-order valence-corrected chi connectivity index (χ1v) is 6.90. The number of hydrogen-bond acceptors (Lipinski definition) is 3. The third kappa shape index (κ3) is 7.67. The van der Waals surface area contributed by atoms with Gasteiger partial charge in [-0.25, -0.2) is 0 Å². The van der Waals surface area contributed by atoms with Crippen molar-refractivity contribution in [3.63, 3.8) is 0 Å². The van der Waals surface area contributed by atoms with Crippen LogP contribution in [0.25, 0.3) is 0 Å². The van der Waals surface area contributed by atoms with Gasteiger partial charge in [-0.15, -0.1) is 0 Å². The highest BCUT2D eigenvalue weighted by atomic mass is 16.1. The van der Waals surface area contributed by atoms with E-state index in [2.05, 4.69) is 51.8 Å². The van der Waals surface area contributed by atoms with Crippen molar-refractivity contribution < 1.29 is 4.79 Å². The molecule has 0 aliphatic carbocycles. The van der Waals surface area contributed by atoms with E-state index >= 15 is 0 Å². The fourth-order valence-electron chi connectivity index (χ4n) is 2.06. The summed E-state index contributed by atoms with van der Waals surface area (Å²) in [7, 11) is 0. The summed E-state index contributed by atoms with van der Waals surface area (Å²) >= 11 is 0. The number of hydrogen-bond donors (Lipinski definition) is 2. The minimum atomic E-state index is -0.215. The topological polar surface area (TPSA) is 58.4 Å². The summed E-state index contributed by atoms with van der Waals surface area (Å²) in [4.78, 5) is 13.3. The molecule has 0 aromatic carbocycles. The summed E-state index contributed by atoms with van der Waals surface area (Å²) in [6, 6.07) is 0.251. The van der Waals surface area contributed by atoms with Gasteiger partial charge in [0.2, 0.25) is 5.91 Å². The van der Waals surface area contributed by atoms with Crippen molar-refractivity contribution in [3.05, 3.63) is 0 Å². The molecule has 1 amide bonds. The second-order valence-corrected chi connectivity index (χ2v) is 6.62. The predicted octanol–water partition coefficient (Wildman–Crippen LogP) is 1.60. The number of amides is 1. The molecule has 4 heteroatoms. The van der Waals surface area contributed by atoms with E-state index in [1.807, 2.05) is 0 Å². The molecule has 0 spiro atoms. The molecular formula is C14H31N3O. The van der Waals surface area contributed by atoms with E-state index in [4.69, 9.17) is 5.73 Å². The maximum Gasteiger partial charge on any atom is 0.219 e. The van der Waals surface area contributed by atoms with Gasteiger partial charge in [0.25, 0.3) is 0 Å². The fourth-order valence-corrected chi connectivity index (χ4v) is 2.06. The second kappa shape index (κ2) is 7.74. The van der Waals surface area contributed by atoms with Crippen LogP contribution in [0.2, 0.25) is 0 Å². The zero-order valence-electron chi connectivity index (χ0n) is 12.9. The molecule has 3 N–H and O–H groups in total. The molecule has 0 radical (unpaired) electrons. The van der Waals surface area contributed by atoms with E-state index in [0.717, 1.165) is 25.6 Å². The zero-order chi connectivity index (χ0) is 14.3. The number of nitrogens with one attached hydrogen (secondary N) is 1. The number of primary amides is 1. The summed E-state index contributed by atoms with van der Waals surface area (Å²) in [5.74, 6) is 0.618. The van der Waals surface area contributed by atoms with E-state index in [1.165, 1.54) is 0 Å². The standard InChI is InChI=1S/C10H21N3O.C4H10/c1-10(2,3)13-5-4-12-7-8(13)6-9(11)14;1-4(2)3/h8,12H,4-7H2,1-3H3,(H2,11,14);4H,1-3H3/t8-;/m0./s1. The van der Waals surface area contributed by atoms with Crippen molar-refractivity contribution in [2.45, 2.75) is 59.5 Å². The maximum atomic E-state index is 10.9. The number of piperazine rings is 1. The van der Waals surface area contributed by atoms with Crippen molar-refractivity contribution in [3.8, 4) is 0 Å². The van der Waals surface area contributed by atoms with E-state index in [0.29, 0.717) is 6.42 Å². The summed E-state index contributed by atoms with van der Waals surface area (Å²) in [5, 5.41) is 3.29. The van der Waals surface area contributed by atoms with E-state index in [9.17, 15) is 4.79 Å². The average molecular weight is 257 g/mol. The molecule has 1 aliphatic rings. The van der Waals surface area contributed by atoms with E-state index < -0.39 is 0 Å². The smallest absolute Gasteiger partial charge is 0.219 e. The first-order chi connectivity index (χ1) is 8.14. The van der Waals surface area contributed by atoms with Gasteiger partial charge in [0, 0.05) is 37.6 Å². The van der Waals surface area contributed by atoms with Crippen LogP contribution in [0.4, 0.5) is 0 Å². The summed E-state index contributed by atoms with van der Waals surface area (Å²) in [5.41, 5.74) is 5.35. The summed E-state index contributed by atoms with van der Waals surface area (Å²) < 4.78 is 0. The molecule has 0 aromatic rings. The van der Waals surface area contributed by atoms with Crippen LogP contribution in [0.5, 0.6) is 0 Å². The normalized spacial score (nSPS) is 21.4. The van der Waals surface area contributed by atoms with Crippen LogP contribution < -0.4 is 11.1 Å². The molecule has 0 saturated carbocycles. The second-order valence-electron chi connectivity index (χ2n) is 6.62. The number of carbonyl (C=O) groups excluding carboxylic acids is 1. The van der Waals surface area contributed by atoms with Crippen LogP contribution in [0.15, 0.2) is 0 Å². The lowest BCUT2D eigenvalue weighted by Gasteiger charge is -2.44. The minimum absolute atomic E-state index is 0.113. The molecular weight excluding hydrogens is 226 g/mol. The summed E-state index contributed by atoms with van der Waals surface area (Å²) in [6.07, 6.45) is 0.449. The fraction of sp³-hybridized carbons (Fsp3) is 0.929. The van der Waals surface area contributed by atoms with Gasteiger partial charge < -0.3 is 11.1 Å². The Kier molecular flexibility index (Phi) is 7.48. The molecule has 0 unspecified atom stereocenters. The maximum absolute atomic E-state index is 10.9. The van der Waals surface area contributed by atoms with Gasteiger partial charge in [0.1, 0.15) is 0 Å². The molecule has 1 heterocycles. The Morgan fingerprint density at radius 3 is 2.28 bits per heavy atom. The van der Waals surface area contributed by atoms with Gasteiger partial charge in [-0.05, 0) is 26.7 Å². The van der Waals surface area contributed by atoms with Gasteiger partial charge in [-0.1, -0.05) is 20.8 Å². The monoisotopic (exact) mass is 257 g/mol. The lowest BCUT2D eigenvalue weighted by atomic mass is 9.99. The highest BCUT2D eigenvalue weighted by Gasteiger charge is 2.31. The number of nitrogens with zero attached hydrogens (tertiary/aromatic N) is 1. The quantitative estimate of drug-likeness (QED) is 0.790. The number of nitrogens with two attached hydrogens (primary N) is 1.